The Morgan fingerprint density at radius 1 is 1.36 bits per heavy atom. The van der Waals surface area contributed by atoms with Gasteiger partial charge in [0.2, 0.25) is 0 Å². The van der Waals surface area contributed by atoms with Gasteiger partial charge in [-0.1, -0.05) is 17.7 Å². The van der Waals surface area contributed by atoms with Crippen LogP contribution in [0.3, 0.4) is 0 Å². The molecule has 0 radical (unpaired) electrons. The molecule has 0 saturated carbocycles. The van der Waals surface area contributed by atoms with E-state index in [1.165, 1.54) is 12.1 Å². The van der Waals surface area contributed by atoms with E-state index in [9.17, 15) is 18.0 Å². The number of halogens is 4. The Bertz CT molecular complexity index is 560. The molecule has 1 aromatic rings. The first-order chi connectivity index (χ1) is 10.3. The summed E-state index contributed by atoms with van der Waals surface area (Å²) in [5.41, 5.74) is -1.69. The zero-order valence-electron chi connectivity index (χ0n) is 11.5. The fourth-order valence-corrected chi connectivity index (χ4v) is 2.85. The third kappa shape index (κ3) is 3.70. The first-order valence-electron chi connectivity index (χ1n) is 6.69. The van der Waals surface area contributed by atoms with Crippen molar-refractivity contribution in [2.24, 2.45) is 0 Å². The van der Waals surface area contributed by atoms with Gasteiger partial charge < -0.3 is 10.1 Å². The fourth-order valence-electron chi connectivity index (χ4n) is 2.56. The molecule has 0 bridgehead atoms. The first kappa shape index (κ1) is 17.4. The quantitative estimate of drug-likeness (QED) is 0.646. The Balaban J connectivity index is 2.46. The molecule has 0 amide bonds. The molecule has 0 atom stereocenters. The van der Waals surface area contributed by atoms with Crippen LogP contribution in [0.4, 0.5) is 13.2 Å². The highest BCUT2D eigenvalue weighted by molar-refractivity contribution is 7.81. The Labute approximate surface area is 136 Å². The molecule has 3 nitrogen and oxygen atoms in total. The van der Waals surface area contributed by atoms with E-state index in [0.29, 0.717) is 31.5 Å². The number of rotatable bonds is 3. The van der Waals surface area contributed by atoms with E-state index in [1.807, 2.05) is 0 Å². The summed E-state index contributed by atoms with van der Waals surface area (Å²) in [6.07, 6.45) is -3.77. The molecule has 2 rings (SSSR count). The van der Waals surface area contributed by atoms with Crippen LogP contribution in [-0.4, -0.2) is 24.8 Å². The van der Waals surface area contributed by atoms with E-state index >= 15 is 0 Å². The standard InChI is InChI=1S/C14H15ClF3NO2S/c15-11-2-1-9(7-10(11)14(16,17)18)13(21-12(20)8-22)3-5-19-6-4-13/h1-2,7,19,22H,3-6,8H2. The number of benzene rings is 1. The van der Waals surface area contributed by atoms with Gasteiger partial charge in [0.15, 0.2) is 0 Å². The minimum atomic E-state index is -4.56. The summed E-state index contributed by atoms with van der Waals surface area (Å²) in [6.45, 7) is 1.09. The highest BCUT2D eigenvalue weighted by Crippen LogP contribution is 2.41. The number of thiol groups is 1. The maximum absolute atomic E-state index is 13.0. The van der Waals surface area contributed by atoms with E-state index in [-0.39, 0.29) is 10.8 Å². The summed E-state index contributed by atoms with van der Waals surface area (Å²) < 4.78 is 44.6. The normalized spacial score (nSPS) is 18.0. The lowest BCUT2D eigenvalue weighted by molar-refractivity contribution is -0.160. The van der Waals surface area contributed by atoms with Crippen LogP contribution in [0.25, 0.3) is 0 Å². The maximum atomic E-state index is 13.0. The molecule has 1 N–H and O–H groups in total. The van der Waals surface area contributed by atoms with Crippen molar-refractivity contribution in [3.63, 3.8) is 0 Å². The lowest BCUT2D eigenvalue weighted by Gasteiger charge is -2.37. The van der Waals surface area contributed by atoms with Gasteiger partial charge >= 0.3 is 12.1 Å². The summed E-state index contributed by atoms with van der Waals surface area (Å²) in [6, 6.07) is 3.65. The molecular weight excluding hydrogens is 339 g/mol. The lowest BCUT2D eigenvalue weighted by atomic mass is 9.84. The SMILES string of the molecule is O=C(CS)OC1(c2ccc(Cl)c(C(F)(F)F)c2)CCNCC1. The van der Waals surface area contributed by atoms with Crippen LogP contribution < -0.4 is 5.32 Å². The van der Waals surface area contributed by atoms with E-state index < -0.39 is 23.3 Å². The van der Waals surface area contributed by atoms with E-state index in [4.69, 9.17) is 16.3 Å². The van der Waals surface area contributed by atoms with Crippen LogP contribution in [0.5, 0.6) is 0 Å². The van der Waals surface area contributed by atoms with Gasteiger partial charge in [-0.25, -0.2) is 0 Å². The van der Waals surface area contributed by atoms with Crippen molar-refractivity contribution in [2.75, 3.05) is 18.8 Å². The number of piperidine rings is 1. The minimum Gasteiger partial charge on any atom is -0.453 e. The fraction of sp³-hybridized carbons (Fsp3) is 0.500. The summed E-state index contributed by atoms with van der Waals surface area (Å²) in [4.78, 5) is 11.6. The third-order valence-corrected chi connectivity index (χ3v) is 4.24. The molecule has 1 fully saturated rings. The molecule has 0 aliphatic carbocycles. The van der Waals surface area contributed by atoms with Crippen molar-refractivity contribution in [3.8, 4) is 0 Å². The number of ether oxygens (including phenoxy) is 1. The van der Waals surface area contributed by atoms with Crippen LogP contribution in [0.2, 0.25) is 5.02 Å². The average molecular weight is 354 g/mol. The first-order valence-corrected chi connectivity index (χ1v) is 7.70. The molecule has 8 heteroatoms. The second-order valence-corrected chi connectivity index (χ2v) is 5.79. The largest absolute Gasteiger partial charge is 0.453 e. The molecule has 1 aromatic carbocycles. The highest BCUT2D eigenvalue weighted by Gasteiger charge is 2.40. The number of hydrogen-bond donors (Lipinski definition) is 2. The molecule has 1 aliphatic heterocycles. The Morgan fingerprint density at radius 3 is 2.55 bits per heavy atom. The predicted octanol–water partition coefficient (Wildman–Crippen LogP) is 3.41. The number of esters is 1. The number of carbonyl (C=O) groups excluding carboxylic acids is 1. The van der Waals surface area contributed by atoms with E-state index in [0.717, 1.165) is 6.07 Å². The highest BCUT2D eigenvalue weighted by atomic mass is 35.5. The monoisotopic (exact) mass is 353 g/mol. The van der Waals surface area contributed by atoms with E-state index in [1.54, 1.807) is 0 Å². The number of carbonyl (C=O) groups is 1. The van der Waals surface area contributed by atoms with Crippen LogP contribution in [0, 0.1) is 0 Å². The van der Waals surface area contributed by atoms with Crippen LogP contribution in [-0.2, 0) is 21.3 Å². The zero-order valence-corrected chi connectivity index (χ0v) is 13.2. The number of alkyl halides is 3. The smallest absolute Gasteiger partial charge is 0.417 e. The van der Waals surface area contributed by atoms with E-state index in [2.05, 4.69) is 17.9 Å². The van der Waals surface area contributed by atoms with Gasteiger partial charge in [0.25, 0.3) is 0 Å². The second-order valence-electron chi connectivity index (χ2n) is 5.07. The molecule has 122 valence electrons. The molecule has 0 unspecified atom stereocenters. The van der Waals surface area contributed by atoms with Gasteiger partial charge in [0.05, 0.1) is 16.3 Å². The predicted molar refractivity (Wildman–Crippen MR) is 80.2 cm³/mol. The van der Waals surface area contributed by atoms with Gasteiger partial charge in [-0.3, -0.25) is 4.79 Å². The van der Waals surface area contributed by atoms with Crippen molar-refractivity contribution in [3.05, 3.63) is 34.3 Å². The van der Waals surface area contributed by atoms with Crippen molar-refractivity contribution >= 4 is 30.2 Å². The summed E-state index contributed by atoms with van der Waals surface area (Å²) >= 11 is 9.50. The number of hydrogen-bond acceptors (Lipinski definition) is 4. The maximum Gasteiger partial charge on any atom is 0.417 e. The van der Waals surface area contributed by atoms with Crippen molar-refractivity contribution in [2.45, 2.75) is 24.6 Å². The summed E-state index contributed by atoms with van der Waals surface area (Å²) in [7, 11) is 0. The molecule has 1 heterocycles. The van der Waals surface area contributed by atoms with Gasteiger partial charge in [-0.2, -0.15) is 25.8 Å². The average Bonchev–Trinajstić information content (AvgIpc) is 2.47. The van der Waals surface area contributed by atoms with Gasteiger partial charge in [-0.05, 0) is 30.8 Å². The van der Waals surface area contributed by atoms with Gasteiger partial charge in [0.1, 0.15) is 5.60 Å². The van der Waals surface area contributed by atoms with Crippen LogP contribution in [0.1, 0.15) is 24.0 Å². The van der Waals surface area contributed by atoms with Crippen molar-refractivity contribution in [1.29, 1.82) is 0 Å². The Hall–Kier alpha value is -0.920. The summed E-state index contributed by atoms with van der Waals surface area (Å²) in [5, 5.41) is 2.72. The molecule has 1 saturated heterocycles. The molecule has 0 aromatic heterocycles. The molecule has 1 aliphatic rings. The van der Waals surface area contributed by atoms with Crippen molar-refractivity contribution < 1.29 is 22.7 Å². The number of nitrogens with one attached hydrogen (secondary N) is 1. The van der Waals surface area contributed by atoms with Gasteiger partial charge in [-0.15, -0.1) is 0 Å². The van der Waals surface area contributed by atoms with Crippen molar-refractivity contribution in [1.82, 2.24) is 5.32 Å². The Kier molecular flexibility index (Phi) is 5.29. The van der Waals surface area contributed by atoms with Crippen LogP contribution >= 0.6 is 24.2 Å². The Morgan fingerprint density at radius 2 is 2.00 bits per heavy atom. The minimum absolute atomic E-state index is 0.130. The summed E-state index contributed by atoms with van der Waals surface area (Å²) in [5.74, 6) is -0.691. The zero-order chi connectivity index (χ0) is 16.4. The molecule has 22 heavy (non-hydrogen) atoms. The third-order valence-electron chi connectivity index (χ3n) is 3.65. The topological polar surface area (TPSA) is 38.3 Å². The molecule has 0 spiro atoms. The van der Waals surface area contributed by atoms with Gasteiger partial charge in [0, 0.05) is 12.8 Å². The molecular formula is C14H15ClF3NO2S. The second kappa shape index (κ2) is 6.68. The van der Waals surface area contributed by atoms with Crippen LogP contribution in [0.15, 0.2) is 18.2 Å². The lowest BCUT2D eigenvalue weighted by Crippen LogP contribution is -2.43.